The summed E-state index contributed by atoms with van der Waals surface area (Å²) in [6.45, 7) is 1.51. The molecule has 2 aromatic heterocycles. The minimum absolute atomic E-state index is 0.0639. The van der Waals surface area contributed by atoms with E-state index in [9.17, 15) is 8.78 Å². The van der Waals surface area contributed by atoms with Crippen LogP contribution < -0.4 is 32.5 Å². The Kier molecular flexibility index (Phi) is 6.38. The van der Waals surface area contributed by atoms with Crippen LogP contribution in [0.2, 0.25) is 0 Å². The number of aryl methyl sites for hydroxylation is 1. The summed E-state index contributed by atoms with van der Waals surface area (Å²) in [5.74, 6) is 9.13. The van der Waals surface area contributed by atoms with Crippen LogP contribution in [0.5, 0.6) is 5.75 Å². The summed E-state index contributed by atoms with van der Waals surface area (Å²) in [5.41, 5.74) is 7.41. The maximum absolute atomic E-state index is 15.0. The Balaban J connectivity index is 1.64. The van der Waals surface area contributed by atoms with Gasteiger partial charge < -0.3 is 21.6 Å². The van der Waals surface area contributed by atoms with Crippen LogP contribution in [0.4, 0.5) is 20.3 Å². The van der Waals surface area contributed by atoms with Crippen molar-refractivity contribution in [1.29, 1.82) is 0 Å². The Labute approximate surface area is 189 Å². The van der Waals surface area contributed by atoms with Gasteiger partial charge in [-0.25, -0.2) is 15.2 Å². The SMILES string of the molecule is Cn1cc(-c2cnc(N)c(/C(=N/N)N(N)c3ccc(OC4CCNCC4)c(F)c3F)c2)cn1. The lowest BCUT2D eigenvalue weighted by Gasteiger charge is -2.25. The Morgan fingerprint density at radius 3 is 2.64 bits per heavy atom. The summed E-state index contributed by atoms with van der Waals surface area (Å²) < 4.78 is 37.1. The van der Waals surface area contributed by atoms with Gasteiger partial charge in [0.2, 0.25) is 5.82 Å². The van der Waals surface area contributed by atoms with Gasteiger partial charge in [-0.1, -0.05) is 0 Å². The van der Waals surface area contributed by atoms with Crippen molar-refractivity contribution in [2.24, 2.45) is 23.8 Å². The highest BCUT2D eigenvalue weighted by Crippen LogP contribution is 2.31. The molecular formula is C21H25F2N9O. The fourth-order valence-corrected chi connectivity index (χ4v) is 3.65. The molecule has 1 aromatic carbocycles. The molecule has 1 saturated heterocycles. The van der Waals surface area contributed by atoms with Crippen molar-refractivity contribution >= 4 is 17.3 Å². The first-order chi connectivity index (χ1) is 15.9. The zero-order valence-corrected chi connectivity index (χ0v) is 18.0. The third kappa shape index (κ3) is 4.56. The third-order valence-electron chi connectivity index (χ3n) is 5.41. The number of piperidine rings is 1. The number of rotatable bonds is 5. The molecule has 0 aliphatic carbocycles. The first-order valence-electron chi connectivity index (χ1n) is 10.3. The standard InChI is InChI=1S/C21H25F2N9O/c1-31-11-13(10-29-31)12-8-15(20(24)28-9-12)21(30-25)32(26)16-2-3-17(19(23)18(16)22)33-14-4-6-27-7-5-14/h2-3,8-11,14,27H,4-7,25-26H2,1H3,(H2,24,28)/b30-21-. The molecule has 0 radical (unpaired) electrons. The van der Waals surface area contributed by atoms with Crippen LogP contribution >= 0.6 is 0 Å². The van der Waals surface area contributed by atoms with E-state index in [1.807, 2.05) is 0 Å². The van der Waals surface area contributed by atoms with Gasteiger partial charge in [0.25, 0.3) is 0 Å². The number of hydrazone groups is 1. The Morgan fingerprint density at radius 1 is 1.21 bits per heavy atom. The van der Waals surface area contributed by atoms with E-state index in [-0.39, 0.29) is 34.8 Å². The van der Waals surface area contributed by atoms with Crippen LogP contribution in [-0.4, -0.2) is 39.8 Å². The summed E-state index contributed by atoms with van der Waals surface area (Å²) in [6, 6.07) is 4.28. The normalized spacial score (nSPS) is 15.0. The lowest BCUT2D eigenvalue weighted by atomic mass is 10.1. The van der Waals surface area contributed by atoms with Gasteiger partial charge in [0, 0.05) is 30.6 Å². The van der Waals surface area contributed by atoms with Crippen molar-refractivity contribution in [3.63, 3.8) is 0 Å². The Bertz CT molecular complexity index is 1170. The molecule has 12 heteroatoms. The number of hydrogen-bond acceptors (Lipinski definition) is 8. The van der Waals surface area contributed by atoms with Crippen LogP contribution in [0.25, 0.3) is 11.1 Å². The van der Waals surface area contributed by atoms with Gasteiger partial charge in [-0.15, -0.1) is 0 Å². The van der Waals surface area contributed by atoms with E-state index in [0.29, 0.717) is 18.4 Å². The number of nitrogens with zero attached hydrogens (tertiary/aromatic N) is 5. The molecule has 4 rings (SSSR count). The number of nitrogens with one attached hydrogen (secondary N) is 1. The maximum atomic E-state index is 15.0. The molecule has 0 spiro atoms. The van der Waals surface area contributed by atoms with E-state index in [4.69, 9.17) is 22.2 Å². The minimum Gasteiger partial charge on any atom is -0.487 e. The van der Waals surface area contributed by atoms with Crippen molar-refractivity contribution < 1.29 is 13.5 Å². The van der Waals surface area contributed by atoms with Gasteiger partial charge in [0.15, 0.2) is 17.4 Å². The largest absolute Gasteiger partial charge is 0.487 e. The van der Waals surface area contributed by atoms with E-state index < -0.39 is 11.6 Å². The molecule has 1 aliphatic heterocycles. The number of amidine groups is 1. The summed E-state index contributed by atoms with van der Waals surface area (Å²) in [4.78, 5) is 4.16. The summed E-state index contributed by atoms with van der Waals surface area (Å²) in [7, 11) is 1.78. The number of pyridine rings is 1. The van der Waals surface area contributed by atoms with E-state index in [0.717, 1.165) is 23.7 Å². The smallest absolute Gasteiger partial charge is 0.202 e. The molecular weight excluding hydrogens is 432 g/mol. The molecule has 10 nitrogen and oxygen atoms in total. The van der Waals surface area contributed by atoms with Crippen molar-refractivity contribution in [3.05, 3.63) is 54.0 Å². The molecule has 0 saturated carbocycles. The Hall–Kier alpha value is -3.77. The molecule has 0 bridgehead atoms. The van der Waals surface area contributed by atoms with Crippen molar-refractivity contribution in [3.8, 4) is 16.9 Å². The number of nitrogens with two attached hydrogens (primary N) is 3. The number of hydrazine groups is 1. The third-order valence-corrected chi connectivity index (χ3v) is 5.41. The zero-order valence-electron chi connectivity index (χ0n) is 18.0. The molecule has 1 fully saturated rings. The van der Waals surface area contributed by atoms with Crippen molar-refractivity contribution in [2.75, 3.05) is 23.8 Å². The molecule has 0 unspecified atom stereocenters. The van der Waals surface area contributed by atoms with Crippen molar-refractivity contribution in [1.82, 2.24) is 20.1 Å². The lowest BCUT2D eigenvalue weighted by molar-refractivity contribution is 0.154. The fraction of sp³-hybridized carbons (Fsp3) is 0.286. The Morgan fingerprint density at radius 2 is 1.97 bits per heavy atom. The first-order valence-corrected chi connectivity index (χ1v) is 10.3. The molecule has 33 heavy (non-hydrogen) atoms. The number of aromatic nitrogens is 3. The monoisotopic (exact) mass is 457 g/mol. The summed E-state index contributed by atoms with van der Waals surface area (Å²) in [5, 5.41) is 11.8. The number of anilines is 2. The average molecular weight is 457 g/mol. The van der Waals surface area contributed by atoms with Crippen molar-refractivity contribution in [2.45, 2.75) is 18.9 Å². The van der Waals surface area contributed by atoms with Crippen LogP contribution in [0.3, 0.4) is 0 Å². The molecule has 1 aliphatic rings. The fourth-order valence-electron chi connectivity index (χ4n) is 3.65. The van der Waals surface area contributed by atoms with Gasteiger partial charge in [0.1, 0.15) is 11.9 Å². The topological polar surface area (TPSA) is 146 Å². The van der Waals surface area contributed by atoms with Gasteiger partial charge >= 0.3 is 0 Å². The van der Waals surface area contributed by atoms with Gasteiger partial charge in [-0.3, -0.25) is 9.69 Å². The number of hydrogen-bond donors (Lipinski definition) is 4. The average Bonchev–Trinajstić information content (AvgIpc) is 3.25. The lowest BCUT2D eigenvalue weighted by Crippen LogP contribution is -2.40. The zero-order chi connectivity index (χ0) is 23.5. The quantitative estimate of drug-likeness (QED) is 0.195. The van der Waals surface area contributed by atoms with Gasteiger partial charge in [-0.2, -0.15) is 14.6 Å². The molecule has 3 heterocycles. The van der Waals surface area contributed by atoms with Crippen LogP contribution in [0.15, 0.2) is 41.9 Å². The molecule has 3 aromatic rings. The van der Waals surface area contributed by atoms with Crippen LogP contribution in [0, 0.1) is 11.6 Å². The molecule has 0 amide bonds. The molecule has 0 atom stereocenters. The van der Waals surface area contributed by atoms with Crippen LogP contribution in [-0.2, 0) is 7.05 Å². The minimum atomic E-state index is -1.19. The highest BCUT2D eigenvalue weighted by atomic mass is 19.2. The van der Waals surface area contributed by atoms with Crippen LogP contribution in [0.1, 0.15) is 18.4 Å². The second kappa shape index (κ2) is 9.38. The molecule has 7 N–H and O–H groups in total. The van der Waals surface area contributed by atoms with E-state index in [1.165, 1.54) is 12.1 Å². The predicted octanol–water partition coefficient (Wildman–Crippen LogP) is 1.47. The predicted molar refractivity (Wildman–Crippen MR) is 121 cm³/mol. The highest BCUT2D eigenvalue weighted by Gasteiger charge is 2.25. The summed E-state index contributed by atoms with van der Waals surface area (Å²) in [6.07, 6.45) is 6.20. The number of nitrogen functional groups attached to an aromatic ring is 1. The number of halogens is 2. The number of ether oxygens (including phenoxy) is 1. The van der Waals surface area contributed by atoms with Gasteiger partial charge in [-0.05, 0) is 44.1 Å². The van der Waals surface area contributed by atoms with Gasteiger partial charge in [0.05, 0.1) is 17.4 Å². The highest BCUT2D eigenvalue weighted by molar-refractivity contribution is 6.12. The summed E-state index contributed by atoms with van der Waals surface area (Å²) >= 11 is 0. The number of benzene rings is 1. The molecule has 174 valence electrons. The second-order valence-corrected chi connectivity index (χ2v) is 7.66. The van der Waals surface area contributed by atoms with E-state index in [1.54, 1.807) is 36.4 Å². The van der Waals surface area contributed by atoms with E-state index >= 15 is 0 Å². The first kappa shape index (κ1) is 22.4. The van der Waals surface area contributed by atoms with E-state index in [2.05, 4.69) is 20.5 Å². The second-order valence-electron chi connectivity index (χ2n) is 7.66. The maximum Gasteiger partial charge on any atom is 0.202 e.